The van der Waals surface area contributed by atoms with Gasteiger partial charge >= 0.3 is 0 Å². The second-order valence-electron chi connectivity index (χ2n) is 8.74. The third-order valence-corrected chi connectivity index (χ3v) is 6.84. The molecule has 2 aliphatic rings. The Morgan fingerprint density at radius 1 is 1.07 bits per heavy atom. The van der Waals surface area contributed by atoms with Gasteiger partial charge in [-0.2, -0.15) is 5.10 Å². The van der Waals surface area contributed by atoms with E-state index in [1.165, 1.54) is 11.1 Å². The lowest BCUT2D eigenvalue weighted by Crippen LogP contribution is -2.45. The molecule has 0 unspecified atom stereocenters. The molecule has 1 saturated heterocycles. The molecule has 5 rings (SSSR count). The molecule has 1 aromatic carbocycles. The molecule has 0 spiro atoms. The van der Waals surface area contributed by atoms with Crippen LogP contribution in [0.25, 0.3) is 5.65 Å². The average molecular weight is 389 g/mol. The van der Waals surface area contributed by atoms with Crippen molar-refractivity contribution >= 4 is 11.6 Å². The smallest absolute Gasteiger partial charge is 0.233 e. The Morgan fingerprint density at radius 3 is 2.59 bits per heavy atom. The number of rotatable bonds is 3. The van der Waals surface area contributed by atoms with Gasteiger partial charge in [0.25, 0.3) is 0 Å². The van der Waals surface area contributed by atoms with Crippen LogP contribution in [0.2, 0.25) is 0 Å². The van der Waals surface area contributed by atoms with E-state index in [1.807, 2.05) is 29.8 Å². The van der Waals surface area contributed by atoms with Crippen LogP contribution in [-0.4, -0.2) is 31.9 Å². The van der Waals surface area contributed by atoms with Gasteiger partial charge in [-0.25, -0.2) is 9.50 Å². The molecule has 1 aliphatic carbocycles. The zero-order valence-corrected chi connectivity index (χ0v) is 17.3. The Labute approximate surface area is 171 Å². The van der Waals surface area contributed by atoms with E-state index in [1.54, 1.807) is 0 Å². The number of aryl methyl sites for hydroxylation is 2. The van der Waals surface area contributed by atoms with Crippen LogP contribution in [0.5, 0.6) is 0 Å². The van der Waals surface area contributed by atoms with E-state index in [4.69, 9.17) is 0 Å². The molecule has 29 heavy (non-hydrogen) atoms. The highest BCUT2D eigenvalue weighted by Crippen LogP contribution is 2.45. The van der Waals surface area contributed by atoms with Crippen LogP contribution in [0.4, 0.5) is 0 Å². The maximum absolute atomic E-state index is 14.1. The van der Waals surface area contributed by atoms with Gasteiger partial charge in [-0.05, 0) is 51.2 Å². The Bertz CT molecular complexity index is 1050. The second-order valence-corrected chi connectivity index (χ2v) is 8.74. The Morgan fingerprint density at radius 2 is 1.83 bits per heavy atom. The van der Waals surface area contributed by atoms with Crippen LogP contribution in [0.3, 0.4) is 0 Å². The first-order valence-corrected chi connectivity index (χ1v) is 10.8. The van der Waals surface area contributed by atoms with Crippen LogP contribution in [0.1, 0.15) is 67.1 Å². The number of benzene rings is 1. The number of carbonyl (C=O) groups is 1. The minimum Gasteiger partial charge on any atom is -0.333 e. The summed E-state index contributed by atoms with van der Waals surface area (Å²) in [6.45, 7) is 4.91. The van der Waals surface area contributed by atoms with Crippen LogP contribution < -0.4 is 0 Å². The van der Waals surface area contributed by atoms with E-state index in [-0.39, 0.29) is 11.5 Å². The lowest BCUT2D eigenvalue weighted by molar-refractivity contribution is -0.138. The number of hydrogen-bond donors (Lipinski definition) is 0. The fraction of sp³-hybridized carbons (Fsp3) is 0.458. The number of carbonyl (C=O) groups excluding carboxylic acids is 1. The van der Waals surface area contributed by atoms with Crippen molar-refractivity contribution in [1.82, 2.24) is 19.5 Å². The van der Waals surface area contributed by atoms with Gasteiger partial charge in [0.05, 0.1) is 22.8 Å². The van der Waals surface area contributed by atoms with Gasteiger partial charge < -0.3 is 4.90 Å². The molecule has 1 aliphatic heterocycles. The summed E-state index contributed by atoms with van der Waals surface area (Å²) in [5, 5.41) is 4.65. The summed E-state index contributed by atoms with van der Waals surface area (Å²) in [5.41, 5.74) is 4.93. The first-order valence-electron chi connectivity index (χ1n) is 10.8. The number of fused-ring (bicyclic) bond motifs is 1. The second kappa shape index (κ2) is 6.97. The number of aromatic nitrogens is 3. The van der Waals surface area contributed by atoms with Gasteiger partial charge in [-0.15, -0.1) is 0 Å². The minimum atomic E-state index is -0.373. The molecule has 3 heterocycles. The van der Waals surface area contributed by atoms with E-state index in [9.17, 15) is 4.79 Å². The lowest BCUT2D eigenvalue weighted by atomic mass is 9.77. The molecule has 0 radical (unpaired) electrons. The van der Waals surface area contributed by atoms with Crippen molar-refractivity contribution in [3.05, 3.63) is 65.1 Å². The predicted molar refractivity (Wildman–Crippen MR) is 113 cm³/mol. The van der Waals surface area contributed by atoms with Crippen LogP contribution >= 0.6 is 0 Å². The zero-order chi connectivity index (χ0) is 20.0. The molecule has 5 heteroatoms. The van der Waals surface area contributed by atoms with Crippen molar-refractivity contribution in [2.75, 3.05) is 6.54 Å². The van der Waals surface area contributed by atoms with Gasteiger partial charge in [0.15, 0.2) is 5.65 Å². The highest BCUT2D eigenvalue weighted by Gasteiger charge is 2.47. The average Bonchev–Trinajstić information content (AvgIpc) is 3.46. The SMILES string of the molecule is Cc1ccc(C2(C(=O)N3CCC[C@H]3c3ccnc4cc(C)nn34)CCCC2)cc1. The summed E-state index contributed by atoms with van der Waals surface area (Å²) < 4.78 is 1.93. The highest BCUT2D eigenvalue weighted by atomic mass is 16.2. The molecule has 1 amide bonds. The standard InChI is InChI=1S/C24H28N4O/c1-17-7-9-19(10-8-17)24(12-3-4-13-24)23(29)27-15-5-6-20(27)21-11-14-25-22-16-18(2)26-28(21)22/h7-11,14,16,20H,3-6,12-13,15H2,1-2H3/t20-/m0/s1. The largest absolute Gasteiger partial charge is 0.333 e. The number of nitrogens with zero attached hydrogens (tertiary/aromatic N) is 4. The first kappa shape index (κ1) is 18.3. The lowest BCUT2D eigenvalue weighted by Gasteiger charge is -2.36. The van der Waals surface area contributed by atoms with E-state index in [2.05, 4.69) is 46.2 Å². The monoisotopic (exact) mass is 388 g/mol. The summed E-state index contributed by atoms with van der Waals surface area (Å²) in [4.78, 5) is 20.6. The topological polar surface area (TPSA) is 50.5 Å². The third kappa shape index (κ3) is 2.95. The minimum absolute atomic E-state index is 0.0650. The fourth-order valence-electron chi connectivity index (χ4n) is 5.35. The van der Waals surface area contributed by atoms with Crippen molar-refractivity contribution in [2.24, 2.45) is 0 Å². The van der Waals surface area contributed by atoms with E-state index >= 15 is 0 Å². The number of amides is 1. The van der Waals surface area contributed by atoms with Crippen molar-refractivity contribution in [2.45, 2.75) is 63.8 Å². The van der Waals surface area contributed by atoms with Crippen molar-refractivity contribution in [3.63, 3.8) is 0 Å². The first-order chi connectivity index (χ1) is 14.1. The van der Waals surface area contributed by atoms with Crippen molar-refractivity contribution < 1.29 is 4.79 Å². The molecule has 5 nitrogen and oxygen atoms in total. The summed E-state index contributed by atoms with van der Waals surface area (Å²) in [5.74, 6) is 0.301. The van der Waals surface area contributed by atoms with Gasteiger partial charge in [-0.1, -0.05) is 42.7 Å². The molecule has 150 valence electrons. The summed E-state index contributed by atoms with van der Waals surface area (Å²) in [7, 11) is 0. The molecule has 0 N–H and O–H groups in total. The zero-order valence-electron chi connectivity index (χ0n) is 17.3. The fourth-order valence-corrected chi connectivity index (χ4v) is 5.35. The maximum atomic E-state index is 14.1. The normalized spacial score (nSPS) is 21.2. The molecule has 1 saturated carbocycles. The summed E-state index contributed by atoms with van der Waals surface area (Å²) in [6, 6.07) is 12.7. The van der Waals surface area contributed by atoms with Gasteiger partial charge in [0, 0.05) is 18.8 Å². The quantitative estimate of drug-likeness (QED) is 0.663. The molecule has 2 aromatic heterocycles. The Balaban J connectivity index is 1.54. The molecule has 3 aromatic rings. The maximum Gasteiger partial charge on any atom is 0.233 e. The summed E-state index contributed by atoms with van der Waals surface area (Å²) >= 11 is 0. The van der Waals surface area contributed by atoms with Crippen LogP contribution in [0.15, 0.2) is 42.6 Å². The van der Waals surface area contributed by atoms with Crippen LogP contribution in [-0.2, 0) is 10.2 Å². The molecule has 2 fully saturated rings. The van der Waals surface area contributed by atoms with Crippen LogP contribution in [0, 0.1) is 13.8 Å². The van der Waals surface area contributed by atoms with Gasteiger partial charge in [-0.3, -0.25) is 4.79 Å². The molecular formula is C24H28N4O. The number of likely N-dealkylation sites (tertiary alicyclic amines) is 1. The van der Waals surface area contributed by atoms with E-state index in [0.717, 1.165) is 62.1 Å². The van der Waals surface area contributed by atoms with Gasteiger partial charge in [0.1, 0.15) is 0 Å². The van der Waals surface area contributed by atoms with Crippen molar-refractivity contribution in [3.8, 4) is 0 Å². The van der Waals surface area contributed by atoms with E-state index < -0.39 is 0 Å². The highest BCUT2D eigenvalue weighted by molar-refractivity contribution is 5.89. The van der Waals surface area contributed by atoms with Gasteiger partial charge in [0.2, 0.25) is 5.91 Å². The molecule has 0 bridgehead atoms. The summed E-state index contributed by atoms with van der Waals surface area (Å²) in [6.07, 6.45) is 8.00. The third-order valence-electron chi connectivity index (χ3n) is 6.84. The predicted octanol–water partition coefficient (Wildman–Crippen LogP) is 4.52. The van der Waals surface area contributed by atoms with E-state index in [0.29, 0.717) is 5.91 Å². The molecular weight excluding hydrogens is 360 g/mol. The number of hydrogen-bond acceptors (Lipinski definition) is 3. The Kier molecular flexibility index (Phi) is 4.41. The van der Waals surface area contributed by atoms with Crippen molar-refractivity contribution in [1.29, 1.82) is 0 Å². The molecule has 1 atom stereocenters. The Hall–Kier alpha value is -2.69.